The summed E-state index contributed by atoms with van der Waals surface area (Å²) in [6.45, 7) is 0. The van der Waals surface area contributed by atoms with E-state index in [0.717, 1.165) is 18.2 Å². The summed E-state index contributed by atoms with van der Waals surface area (Å²) in [7, 11) is -3.33. The Morgan fingerprint density at radius 2 is 1.82 bits per heavy atom. The third kappa shape index (κ3) is 4.78. The Balaban J connectivity index is 2.79. The number of sulfone groups is 1. The molecule has 17 heavy (non-hydrogen) atoms. The summed E-state index contributed by atoms with van der Waals surface area (Å²) < 4.78 is 24.0. The lowest BCUT2D eigenvalue weighted by atomic mass is 10.3. The Morgan fingerprint density at radius 1 is 1.12 bits per heavy atom. The SMILES string of the molecule is O=S(=O)(CCCCCBr)c1cc(Cl)ccc1Cl. The largest absolute Gasteiger partial charge is 0.224 e. The Hall–Kier alpha value is 0.230. The lowest BCUT2D eigenvalue weighted by Gasteiger charge is -2.06. The summed E-state index contributed by atoms with van der Waals surface area (Å²) in [5, 5.41) is 1.51. The predicted octanol–water partition coefficient (Wildman–Crippen LogP) is 4.33. The highest BCUT2D eigenvalue weighted by Gasteiger charge is 2.17. The second-order valence-corrected chi connectivity index (χ2v) is 7.36. The number of unbranched alkanes of at least 4 members (excludes halogenated alkanes) is 2. The second-order valence-electron chi connectivity index (χ2n) is 3.64. The van der Waals surface area contributed by atoms with Crippen LogP contribution in [-0.2, 0) is 9.84 Å². The zero-order valence-corrected chi connectivity index (χ0v) is 13.0. The molecule has 0 aliphatic rings. The van der Waals surface area contributed by atoms with Crippen LogP contribution in [0, 0.1) is 0 Å². The van der Waals surface area contributed by atoms with E-state index in [1.165, 1.54) is 12.1 Å². The second kappa shape index (κ2) is 6.98. The van der Waals surface area contributed by atoms with Crippen LogP contribution in [0.2, 0.25) is 10.0 Å². The molecule has 0 amide bonds. The highest BCUT2D eigenvalue weighted by atomic mass is 79.9. The molecule has 0 bridgehead atoms. The first-order chi connectivity index (χ1) is 7.97. The molecule has 0 unspecified atom stereocenters. The zero-order chi connectivity index (χ0) is 12.9. The zero-order valence-electron chi connectivity index (χ0n) is 9.13. The number of hydrogen-bond donors (Lipinski definition) is 0. The summed E-state index contributed by atoms with van der Waals surface area (Å²) in [5.41, 5.74) is 0. The fourth-order valence-corrected chi connectivity index (χ4v) is 3.97. The number of hydrogen-bond acceptors (Lipinski definition) is 2. The molecule has 0 aromatic heterocycles. The molecule has 6 heteroatoms. The van der Waals surface area contributed by atoms with Crippen LogP contribution in [0.4, 0.5) is 0 Å². The van der Waals surface area contributed by atoms with Gasteiger partial charge in [0.25, 0.3) is 0 Å². The molecule has 1 aromatic carbocycles. The Kier molecular flexibility index (Phi) is 6.27. The fourth-order valence-electron chi connectivity index (χ4n) is 1.39. The summed E-state index contributed by atoms with van der Waals surface area (Å²) in [6.07, 6.45) is 2.48. The Labute approximate surface area is 120 Å². The van der Waals surface area contributed by atoms with Crippen molar-refractivity contribution in [1.29, 1.82) is 0 Å². The fraction of sp³-hybridized carbons (Fsp3) is 0.455. The van der Waals surface area contributed by atoms with Crippen LogP contribution in [-0.4, -0.2) is 19.5 Å². The molecule has 0 aliphatic carbocycles. The van der Waals surface area contributed by atoms with Crippen LogP contribution in [0.1, 0.15) is 19.3 Å². The quantitative estimate of drug-likeness (QED) is 0.559. The van der Waals surface area contributed by atoms with Crippen molar-refractivity contribution >= 4 is 49.0 Å². The normalized spacial score (nSPS) is 11.7. The Morgan fingerprint density at radius 3 is 2.47 bits per heavy atom. The summed E-state index contributed by atoms with van der Waals surface area (Å²) in [5.74, 6) is 0.111. The van der Waals surface area contributed by atoms with Crippen molar-refractivity contribution in [1.82, 2.24) is 0 Å². The first-order valence-electron chi connectivity index (χ1n) is 5.21. The predicted molar refractivity (Wildman–Crippen MR) is 76.2 cm³/mol. The minimum atomic E-state index is -3.33. The number of benzene rings is 1. The van der Waals surface area contributed by atoms with Crippen LogP contribution < -0.4 is 0 Å². The first kappa shape index (κ1) is 15.3. The van der Waals surface area contributed by atoms with Crippen molar-refractivity contribution in [2.75, 3.05) is 11.1 Å². The topological polar surface area (TPSA) is 34.1 Å². The molecule has 0 radical (unpaired) electrons. The molecule has 0 atom stereocenters. The van der Waals surface area contributed by atoms with Crippen LogP contribution in [0.15, 0.2) is 23.1 Å². The van der Waals surface area contributed by atoms with Gasteiger partial charge in [0.1, 0.15) is 0 Å². The van der Waals surface area contributed by atoms with Crippen molar-refractivity contribution in [2.45, 2.75) is 24.2 Å². The van der Waals surface area contributed by atoms with Gasteiger partial charge in [-0.2, -0.15) is 0 Å². The maximum atomic E-state index is 12.0. The van der Waals surface area contributed by atoms with Gasteiger partial charge in [0, 0.05) is 10.4 Å². The number of alkyl halides is 1. The standard InChI is InChI=1S/C11H13BrCl2O2S/c12-6-2-1-3-7-17(15,16)11-8-9(13)4-5-10(11)14/h4-5,8H,1-3,6-7H2. The van der Waals surface area contributed by atoms with E-state index in [2.05, 4.69) is 15.9 Å². The van der Waals surface area contributed by atoms with Gasteiger partial charge >= 0.3 is 0 Å². The minimum absolute atomic E-state index is 0.111. The van der Waals surface area contributed by atoms with E-state index in [-0.39, 0.29) is 15.7 Å². The van der Waals surface area contributed by atoms with Gasteiger partial charge < -0.3 is 0 Å². The summed E-state index contributed by atoms with van der Waals surface area (Å²) in [6, 6.07) is 4.49. The highest BCUT2D eigenvalue weighted by molar-refractivity contribution is 9.09. The van der Waals surface area contributed by atoms with Crippen LogP contribution in [0.3, 0.4) is 0 Å². The van der Waals surface area contributed by atoms with Gasteiger partial charge in [-0.3, -0.25) is 0 Å². The van der Waals surface area contributed by atoms with Gasteiger partial charge in [0.05, 0.1) is 15.7 Å². The average Bonchev–Trinajstić information content (AvgIpc) is 2.28. The van der Waals surface area contributed by atoms with Gasteiger partial charge in [0.15, 0.2) is 9.84 Å². The Bertz CT molecular complexity index is 474. The molecule has 0 aliphatic heterocycles. The molecule has 0 spiro atoms. The molecule has 0 saturated heterocycles. The third-order valence-corrected chi connectivity index (χ3v) is 5.35. The van der Waals surface area contributed by atoms with E-state index in [1.54, 1.807) is 6.07 Å². The van der Waals surface area contributed by atoms with E-state index >= 15 is 0 Å². The average molecular weight is 360 g/mol. The van der Waals surface area contributed by atoms with E-state index in [9.17, 15) is 8.42 Å². The van der Waals surface area contributed by atoms with Crippen LogP contribution in [0.25, 0.3) is 0 Å². The summed E-state index contributed by atoms with van der Waals surface area (Å²) >= 11 is 15.0. The molecule has 2 nitrogen and oxygen atoms in total. The van der Waals surface area contributed by atoms with E-state index in [1.807, 2.05) is 0 Å². The van der Waals surface area contributed by atoms with Gasteiger partial charge in [0.2, 0.25) is 0 Å². The van der Waals surface area contributed by atoms with Gasteiger partial charge in [-0.05, 0) is 31.0 Å². The molecule has 96 valence electrons. The molecule has 1 aromatic rings. The minimum Gasteiger partial charge on any atom is -0.224 e. The van der Waals surface area contributed by atoms with Crippen molar-refractivity contribution < 1.29 is 8.42 Å². The van der Waals surface area contributed by atoms with Crippen LogP contribution in [0.5, 0.6) is 0 Å². The van der Waals surface area contributed by atoms with E-state index in [0.29, 0.717) is 11.4 Å². The molecule has 0 saturated carbocycles. The molecule has 1 rings (SSSR count). The summed E-state index contributed by atoms with van der Waals surface area (Å²) in [4.78, 5) is 0.130. The molecule has 0 N–H and O–H groups in total. The smallest absolute Gasteiger partial charge is 0.179 e. The first-order valence-corrected chi connectivity index (χ1v) is 8.74. The van der Waals surface area contributed by atoms with Gasteiger partial charge in [-0.25, -0.2) is 8.42 Å². The maximum Gasteiger partial charge on any atom is 0.179 e. The molecule has 0 heterocycles. The molecular weight excluding hydrogens is 347 g/mol. The van der Waals surface area contributed by atoms with Crippen molar-refractivity contribution in [3.8, 4) is 0 Å². The van der Waals surface area contributed by atoms with Crippen molar-refractivity contribution in [2.24, 2.45) is 0 Å². The molecule has 0 fully saturated rings. The van der Waals surface area contributed by atoms with E-state index in [4.69, 9.17) is 23.2 Å². The van der Waals surface area contributed by atoms with Gasteiger partial charge in [-0.15, -0.1) is 0 Å². The number of halogens is 3. The number of rotatable bonds is 6. The van der Waals surface area contributed by atoms with E-state index < -0.39 is 9.84 Å². The third-order valence-electron chi connectivity index (χ3n) is 2.28. The molecular formula is C11H13BrCl2O2S. The van der Waals surface area contributed by atoms with Crippen molar-refractivity contribution in [3.63, 3.8) is 0 Å². The highest BCUT2D eigenvalue weighted by Crippen LogP contribution is 2.26. The monoisotopic (exact) mass is 358 g/mol. The van der Waals surface area contributed by atoms with Crippen molar-refractivity contribution in [3.05, 3.63) is 28.2 Å². The van der Waals surface area contributed by atoms with Gasteiger partial charge in [-0.1, -0.05) is 45.6 Å². The lowest BCUT2D eigenvalue weighted by molar-refractivity contribution is 0.591. The lowest BCUT2D eigenvalue weighted by Crippen LogP contribution is -2.07. The van der Waals surface area contributed by atoms with Crippen LogP contribution >= 0.6 is 39.1 Å². The maximum absolute atomic E-state index is 12.0.